The summed E-state index contributed by atoms with van der Waals surface area (Å²) < 4.78 is 5.69. The summed E-state index contributed by atoms with van der Waals surface area (Å²) in [4.78, 5) is 10.9. The molecular weight excluding hydrogens is 264 g/mol. The van der Waals surface area contributed by atoms with Crippen LogP contribution < -0.4 is 4.74 Å². The highest BCUT2D eigenvalue weighted by Gasteiger charge is 2.13. The second-order valence-electron chi connectivity index (χ2n) is 5.18. The molecule has 0 amide bonds. The minimum atomic E-state index is -0.845. The number of carboxylic acid groups (broad SMARTS) is 1. The number of ether oxygens (including phenoxy) is 1. The quantitative estimate of drug-likeness (QED) is 0.635. The molecule has 1 aromatic rings. The third-order valence-corrected chi connectivity index (χ3v) is 3.29. The van der Waals surface area contributed by atoms with Crippen molar-refractivity contribution in [1.29, 1.82) is 0 Å². The van der Waals surface area contributed by atoms with Crippen molar-refractivity contribution in [2.24, 2.45) is 0 Å². The Labute approximate surface area is 126 Å². The summed E-state index contributed by atoms with van der Waals surface area (Å²) in [5, 5.41) is 8.93. The molecule has 21 heavy (non-hydrogen) atoms. The Balaban J connectivity index is 2.77. The number of carbonyl (C=O) groups is 1. The van der Waals surface area contributed by atoms with Gasteiger partial charge in [0.05, 0.1) is 12.3 Å². The van der Waals surface area contributed by atoms with Crippen molar-refractivity contribution in [2.45, 2.75) is 40.0 Å². The number of benzene rings is 1. The Kier molecular flexibility index (Phi) is 6.55. The molecule has 0 aliphatic heterocycles. The second-order valence-corrected chi connectivity index (χ2v) is 5.18. The van der Waals surface area contributed by atoms with Crippen LogP contribution >= 0.6 is 0 Å². The van der Waals surface area contributed by atoms with E-state index in [0.29, 0.717) is 6.61 Å². The van der Waals surface area contributed by atoms with Gasteiger partial charge in [-0.05, 0) is 51.0 Å². The zero-order valence-electron chi connectivity index (χ0n) is 13.1. The molecule has 0 radical (unpaired) electrons. The molecule has 3 heteroatoms. The molecule has 0 heterocycles. The standard InChI is InChI=1S/C18H22O3/c1-5-6-16(11-18(19)20)15-7-9-17(10-8-15)21-12-14(4)13(2)3/h7-10,16H,11-12H2,1-4H3,(H,19,20)/t16-/m1/s1. The summed E-state index contributed by atoms with van der Waals surface area (Å²) in [6.45, 7) is 8.44. The van der Waals surface area contributed by atoms with Crippen molar-refractivity contribution in [2.75, 3.05) is 6.61 Å². The SMILES string of the molecule is CC#C[C@H](CC(=O)O)c1ccc(OCC(C)=C(C)C)cc1. The highest BCUT2D eigenvalue weighted by Crippen LogP contribution is 2.22. The van der Waals surface area contributed by atoms with Crippen LogP contribution in [0, 0.1) is 11.8 Å². The van der Waals surface area contributed by atoms with E-state index in [-0.39, 0.29) is 12.3 Å². The summed E-state index contributed by atoms with van der Waals surface area (Å²) >= 11 is 0. The van der Waals surface area contributed by atoms with E-state index in [1.165, 1.54) is 11.1 Å². The Bertz CT molecular complexity index is 567. The van der Waals surface area contributed by atoms with E-state index in [9.17, 15) is 4.79 Å². The lowest BCUT2D eigenvalue weighted by atomic mass is 9.96. The van der Waals surface area contributed by atoms with E-state index in [1.54, 1.807) is 6.92 Å². The number of carboxylic acids is 1. The van der Waals surface area contributed by atoms with Gasteiger partial charge in [-0.25, -0.2) is 0 Å². The van der Waals surface area contributed by atoms with Crippen molar-refractivity contribution in [3.05, 3.63) is 41.0 Å². The lowest BCUT2D eigenvalue weighted by Gasteiger charge is -2.11. The molecule has 0 unspecified atom stereocenters. The van der Waals surface area contributed by atoms with Gasteiger partial charge in [0.15, 0.2) is 0 Å². The van der Waals surface area contributed by atoms with Gasteiger partial charge in [0.25, 0.3) is 0 Å². The molecule has 0 spiro atoms. The van der Waals surface area contributed by atoms with E-state index in [2.05, 4.69) is 25.7 Å². The van der Waals surface area contributed by atoms with Crippen molar-refractivity contribution >= 4 is 5.97 Å². The molecule has 0 saturated heterocycles. The van der Waals surface area contributed by atoms with E-state index < -0.39 is 5.97 Å². The molecule has 0 aliphatic carbocycles. The van der Waals surface area contributed by atoms with Crippen molar-refractivity contribution in [3.63, 3.8) is 0 Å². The molecular formula is C18H22O3. The molecule has 112 valence electrons. The number of hydrogen-bond acceptors (Lipinski definition) is 2. The van der Waals surface area contributed by atoms with Crippen LogP contribution in [-0.4, -0.2) is 17.7 Å². The smallest absolute Gasteiger partial charge is 0.304 e. The van der Waals surface area contributed by atoms with E-state index in [0.717, 1.165) is 11.3 Å². The average Bonchev–Trinajstić information content (AvgIpc) is 2.44. The monoisotopic (exact) mass is 286 g/mol. The van der Waals surface area contributed by atoms with Gasteiger partial charge in [0.2, 0.25) is 0 Å². The van der Waals surface area contributed by atoms with Crippen molar-refractivity contribution in [3.8, 4) is 17.6 Å². The highest BCUT2D eigenvalue weighted by molar-refractivity contribution is 5.69. The lowest BCUT2D eigenvalue weighted by Crippen LogP contribution is -2.05. The predicted molar refractivity (Wildman–Crippen MR) is 84.4 cm³/mol. The van der Waals surface area contributed by atoms with Crippen molar-refractivity contribution < 1.29 is 14.6 Å². The first-order valence-electron chi connectivity index (χ1n) is 6.93. The van der Waals surface area contributed by atoms with Gasteiger partial charge in [-0.3, -0.25) is 4.79 Å². The minimum Gasteiger partial charge on any atom is -0.489 e. The van der Waals surface area contributed by atoms with Crippen molar-refractivity contribution in [1.82, 2.24) is 0 Å². The number of hydrogen-bond donors (Lipinski definition) is 1. The maximum atomic E-state index is 10.9. The van der Waals surface area contributed by atoms with Gasteiger partial charge in [-0.2, -0.15) is 0 Å². The molecule has 0 saturated carbocycles. The van der Waals surface area contributed by atoms with Crippen LogP contribution in [0.1, 0.15) is 45.6 Å². The molecule has 0 aliphatic rings. The van der Waals surface area contributed by atoms with Gasteiger partial charge in [-0.15, -0.1) is 5.92 Å². The summed E-state index contributed by atoms with van der Waals surface area (Å²) in [7, 11) is 0. The molecule has 0 fully saturated rings. The zero-order chi connectivity index (χ0) is 15.8. The van der Waals surface area contributed by atoms with E-state index >= 15 is 0 Å². The molecule has 1 N–H and O–H groups in total. The van der Waals surface area contributed by atoms with Crippen LogP contribution in [0.2, 0.25) is 0 Å². The largest absolute Gasteiger partial charge is 0.489 e. The fraction of sp³-hybridized carbons (Fsp3) is 0.389. The molecule has 3 nitrogen and oxygen atoms in total. The minimum absolute atomic E-state index is 0.0118. The fourth-order valence-electron chi connectivity index (χ4n) is 1.73. The van der Waals surface area contributed by atoms with Crippen LogP contribution in [0.3, 0.4) is 0 Å². The van der Waals surface area contributed by atoms with Gasteiger partial charge in [0.1, 0.15) is 12.4 Å². The van der Waals surface area contributed by atoms with Crippen LogP contribution in [-0.2, 0) is 4.79 Å². The van der Waals surface area contributed by atoms with Crippen LogP contribution in [0.15, 0.2) is 35.4 Å². The Morgan fingerprint density at radius 3 is 2.33 bits per heavy atom. The van der Waals surface area contributed by atoms with Gasteiger partial charge >= 0.3 is 5.97 Å². The molecule has 0 bridgehead atoms. The van der Waals surface area contributed by atoms with Crippen LogP contribution in [0.5, 0.6) is 5.75 Å². The Hall–Kier alpha value is -2.21. The zero-order valence-corrected chi connectivity index (χ0v) is 13.1. The number of aliphatic carboxylic acids is 1. The fourth-order valence-corrected chi connectivity index (χ4v) is 1.73. The molecule has 1 rings (SSSR count). The summed E-state index contributed by atoms with van der Waals surface area (Å²) in [6, 6.07) is 7.48. The average molecular weight is 286 g/mol. The first kappa shape index (κ1) is 16.8. The third-order valence-electron chi connectivity index (χ3n) is 3.29. The Morgan fingerprint density at radius 1 is 1.24 bits per heavy atom. The summed E-state index contributed by atoms with van der Waals surface area (Å²) in [6.07, 6.45) is 0.0118. The maximum absolute atomic E-state index is 10.9. The van der Waals surface area contributed by atoms with Crippen LogP contribution in [0.25, 0.3) is 0 Å². The predicted octanol–water partition coefficient (Wildman–Crippen LogP) is 4.00. The van der Waals surface area contributed by atoms with Gasteiger partial charge in [-0.1, -0.05) is 23.6 Å². The first-order chi connectivity index (χ1) is 9.93. The first-order valence-corrected chi connectivity index (χ1v) is 6.93. The normalized spacial score (nSPS) is 11.0. The maximum Gasteiger partial charge on any atom is 0.304 e. The van der Waals surface area contributed by atoms with E-state index in [1.807, 2.05) is 31.2 Å². The summed E-state index contributed by atoms with van der Waals surface area (Å²) in [5.41, 5.74) is 3.36. The van der Waals surface area contributed by atoms with Gasteiger partial charge in [0, 0.05) is 0 Å². The molecule has 1 aromatic carbocycles. The summed E-state index contributed by atoms with van der Waals surface area (Å²) in [5.74, 6) is 5.38. The molecule has 0 aromatic heterocycles. The van der Waals surface area contributed by atoms with E-state index in [4.69, 9.17) is 9.84 Å². The molecule has 1 atom stereocenters. The number of rotatable bonds is 6. The Morgan fingerprint density at radius 2 is 1.86 bits per heavy atom. The van der Waals surface area contributed by atoms with Gasteiger partial charge < -0.3 is 9.84 Å². The van der Waals surface area contributed by atoms with Crippen LogP contribution in [0.4, 0.5) is 0 Å². The topological polar surface area (TPSA) is 46.5 Å². The lowest BCUT2D eigenvalue weighted by molar-refractivity contribution is -0.137. The number of allylic oxidation sites excluding steroid dienone is 1. The second kappa shape index (κ2) is 8.16. The third kappa shape index (κ3) is 5.74. The highest BCUT2D eigenvalue weighted by atomic mass is 16.5.